The van der Waals surface area contributed by atoms with Crippen molar-refractivity contribution in [2.24, 2.45) is 0 Å². The highest BCUT2D eigenvalue weighted by Crippen LogP contribution is 2.39. The van der Waals surface area contributed by atoms with E-state index < -0.39 is 0 Å². The van der Waals surface area contributed by atoms with Crippen LogP contribution in [-0.2, 0) is 11.3 Å². The minimum absolute atomic E-state index is 0.144. The first-order valence-corrected chi connectivity index (χ1v) is 10.9. The number of aromatic nitrogens is 3. The zero-order valence-corrected chi connectivity index (χ0v) is 17.8. The van der Waals surface area contributed by atoms with Gasteiger partial charge in [-0.25, -0.2) is 0 Å². The highest BCUT2D eigenvalue weighted by Gasteiger charge is 2.33. The number of fused-ring (bicyclic) bond motifs is 5. The summed E-state index contributed by atoms with van der Waals surface area (Å²) in [5.41, 5.74) is 5.19. The lowest BCUT2D eigenvalue weighted by molar-refractivity contribution is -0.0133. The van der Waals surface area contributed by atoms with E-state index in [9.17, 15) is 0 Å². The average Bonchev–Trinajstić information content (AvgIpc) is 2.83. The number of pyridine rings is 1. The van der Waals surface area contributed by atoms with Crippen LogP contribution in [0, 0.1) is 0 Å². The number of rotatable bonds is 4. The minimum Gasteiger partial charge on any atom is -0.480 e. The van der Waals surface area contributed by atoms with Crippen molar-refractivity contribution in [3.63, 3.8) is 0 Å². The van der Waals surface area contributed by atoms with Crippen molar-refractivity contribution in [1.29, 1.82) is 0 Å². The van der Waals surface area contributed by atoms with Crippen LogP contribution >= 0.6 is 0 Å². The fourth-order valence-corrected chi connectivity index (χ4v) is 4.76. The lowest BCUT2D eigenvalue weighted by Crippen LogP contribution is -2.56. The molecule has 0 unspecified atom stereocenters. The Morgan fingerprint density at radius 3 is 2.66 bits per heavy atom. The van der Waals surface area contributed by atoms with Gasteiger partial charge in [-0.3, -0.25) is 0 Å². The highest BCUT2D eigenvalue weighted by molar-refractivity contribution is 5.77. The summed E-state index contributed by atoms with van der Waals surface area (Å²) in [5.74, 6) is 1.72. The van der Waals surface area contributed by atoms with Gasteiger partial charge in [0.15, 0.2) is 0 Å². The zero-order valence-electron chi connectivity index (χ0n) is 17.8. The molecule has 8 nitrogen and oxygen atoms in total. The van der Waals surface area contributed by atoms with Crippen LogP contribution in [0.5, 0.6) is 17.6 Å². The Morgan fingerprint density at radius 1 is 0.969 bits per heavy atom. The van der Waals surface area contributed by atoms with E-state index in [1.807, 2.05) is 18.2 Å². The molecule has 2 fully saturated rings. The van der Waals surface area contributed by atoms with Gasteiger partial charge in [0.25, 0.3) is 0 Å². The molecule has 1 N–H and O–H groups in total. The Kier molecular flexibility index (Phi) is 4.88. The van der Waals surface area contributed by atoms with Gasteiger partial charge in [0.1, 0.15) is 12.7 Å². The van der Waals surface area contributed by atoms with Crippen LogP contribution in [0.4, 0.5) is 0 Å². The fraction of sp³-hybridized carbons (Fsp3) is 0.375. The molecule has 2 saturated heterocycles. The molecule has 8 heteroatoms. The smallest absolute Gasteiger partial charge is 0.233 e. The largest absolute Gasteiger partial charge is 0.480 e. The Balaban J connectivity index is 1.23. The van der Waals surface area contributed by atoms with Gasteiger partial charge < -0.3 is 24.3 Å². The molecule has 3 aromatic rings. The summed E-state index contributed by atoms with van der Waals surface area (Å²) in [6, 6.07) is 12.9. The molecule has 2 aromatic heterocycles. The second-order valence-corrected chi connectivity index (χ2v) is 8.46. The van der Waals surface area contributed by atoms with E-state index >= 15 is 0 Å². The van der Waals surface area contributed by atoms with Gasteiger partial charge >= 0.3 is 0 Å². The van der Waals surface area contributed by atoms with Gasteiger partial charge in [-0.2, -0.15) is 10.1 Å². The van der Waals surface area contributed by atoms with Gasteiger partial charge in [-0.1, -0.05) is 12.1 Å². The van der Waals surface area contributed by atoms with E-state index in [4.69, 9.17) is 18.9 Å². The summed E-state index contributed by atoms with van der Waals surface area (Å²) in [4.78, 5) is 4.67. The molecule has 2 atom stereocenters. The zero-order chi connectivity index (χ0) is 21.5. The third kappa shape index (κ3) is 3.65. The molecule has 0 radical (unpaired) electrons. The summed E-state index contributed by atoms with van der Waals surface area (Å²) >= 11 is 0. The Hall–Kier alpha value is -3.23. The first kappa shape index (κ1) is 19.5. The quantitative estimate of drug-likeness (QED) is 0.673. The van der Waals surface area contributed by atoms with Crippen molar-refractivity contribution in [2.45, 2.75) is 37.6 Å². The molecule has 3 aliphatic heterocycles. The summed E-state index contributed by atoms with van der Waals surface area (Å²) in [5, 5.41) is 11.5. The average molecular weight is 432 g/mol. The second-order valence-electron chi connectivity index (χ2n) is 8.46. The number of nitrogens with zero attached hydrogens (tertiary/aromatic N) is 3. The predicted octanol–water partition coefficient (Wildman–Crippen LogP) is 3.00. The lowest BCUT2D eigenvalue weighted by Gasteiger charge is -2.39. The van der Waals surface area contributed by atoms with Crippen molar-refractivity contribution in [1.82, 2.24) is 20.5 Å². The third-order valence-electron chi connectivity index (χ3n) is 6.26. The van der Waals surface area contributed by atoms with Crippen LogP contribution in [0.3, 0.4) is 0 Å². The van der Waals surface area contributed by atoms with Crippen molar-refractivity contribution in [3.8, 4) is 39.9 Å². The van der Waals surface area contributed by atoms with E-state index in [-0.39, 0.29) is 6.10 Å². The van der Waals surface area contributed by atoms with Gasteiger partial charge in [0.2, 0.25) is 17.6 Å². The lowest BCUT2D eigenvalue weighted by atomic mass is 9.94. The highest BCUT2D eigenvalue weighted by atomic mass is 16.5. The Labute approximate surface area is 185 Å². The maximum Gasteiger partial charge on any atom is 0.233 e. The number of nitrogens with one attached hydrogen (secondary N) is 1. The second kappa shape index (κ2) is 8.03. The van der Waals surface area contributed by atoms with Crippen LogP contribution < -0.4 is 19.5 Å². The molecule has 164 valence electrons. The number of hydrogen-bond donors (Lipinski definition) is 1. The number of ether oxygens (including phenoxy) is 4. The van der Waals surface area contributed by atoms with Gasteiger partial charge in [-0.15, -0.1) is 5.10 Å². The van der Waals surface area contributed by atoms with Crippen molar-refractivity contribution >= 4 is 0 Å². The maximum absolute atomic E-state index is 6.23. The number of piperidine rings is 1. The molecule has 5 heterocycles. The first-order valence-electron chi connectivity index (χ1n) is 10.9. The summed E-state index contributed by atoms with van der Waals surface area (Å²) < 4.78 is 23.1. The molecule has 0 spiro atoms. The maximum atomic E-state index is 6.23. The van der Waals surface area contributed by atoms with Gasteiger partial charge in [-0.05, 0) is 28.8 Å². The van der Waals surface area contributed by atoms with E-state index in [0.717, 1.165) is 53.9 Å². The Bertz CT molecular complexity index is 1140. The van der Waals surface area contributed by atoms with Crippen LogP contribution in [0.1, 0.15) is 18.4 Å². The topological polar surface area (TPSA) is 87.6 Å². The molecule has 32 heavy (non-hydrogen) atoms. The van der Waals surface area contributed by atoms with Crippen molar-refractivity contribution in [2.75, 3.05) is 20.3 Å². The normalized spacial score (nSPS) is 23.5. The molecular weight excluding hydrogens is 408 g/mol. The number of morpholine rings is 1. The molecule has 3 aliphatic rings. The van der Waals surface area contributed by atoms with Crippen molar-refractivity contribution < 1.29 is 18.9 Å². The van der Waals surface area contributed by atoms with Crippen LogP contribution in [0.25, 0.3) is 22.3 Å². The first-order chi connectivity index (χ1) is 15.7. The minimum atomic E-state index is 0.144. The number of benzene rings is 1. The summed E-state index contributed by atoms with van der Waals surface area (Å²) in [6.07, 6.45) is 3.73. The van der Waals surface area contributed by atoms with Gasteiger partial charge in [0, 0.05) is 48.2 Å². The van der Waals surface area contributed by atoms with Gasteiger partial charge in [0.05, 0.1) is 26.5 Å². The predicted molar refractivity (Wildman–Crippen MR) is 117 cm³/mol. The number of methoxy groups -OCH3 is 1. The fourth-order valence-electron chi connectivity index (χ4n) is 4.76. The summed E-state index contributed by atoms with van der Waals surface area (Å²) in [7, 11) is 1.58. The molecule has 1 aromatic carbocycles. The van der Waals surface area contributed by atoms with E-state index in [1.54, 1.807) is 13.3 Å². The SMILES string of the molecule is COc1cc(-c2ccc3c(c2)COc2nc(OC4C[C@@H]5COC[C@@H](C4)N5)ccc2-3)cnn1. The molecular formula is C24H24N4O4. The molecule has 0 amide bonds. The van der Waals surface area contributed by atoms with E-state index in [2.05, 4.69) is 38.7 Å². The number of hydrogen-bond acceptors (Lipinski definition) is 8. The molecule has 2 bridgehead atoms. The summed E-state index contributed by atoms with van der Waals surface area (Å²) in [6.45, 7) is 1.95. The van der Waals surface area contributed by atoms with Crippen molar-refractivity contribution in [3.05, 3.63) is 48.2 Å². The van der Waals surface area contributed by atoms with E-state index in [1.165, 1.54) is 0 Å². The monoisotopic (exact) mass is 432 g/mol. The Morgan fingerprint density at radius 2 is 1.81 bits per heavy atom. The van der Waals surface area contributed by atoms with Crippen LogP contribution in [-0.4, -0.2) is 53.7 Å². The van der Waals surface area contributed by atoms with Crippen LogP contribution in [0.2, 0.25) is 0 Å². The standard InChI is InChI=1S/C24H24N4O4/c1-29-23-7-15(10-25-28-23)14-2-3-20-16(6-14)11-31-24-21(20)4-5-22(27-24)32-19-8-17-12-30-13-18(9-19)26-17/h2-7,10,17-19,26H,8-9,11-13H2,1H3/t17-,18-/m1/s1. The molecule has 6 rings (SSSR count). The third-order valence-corrected chi connectivity index (χ3v) is 6.26. The molecule has 0 saturated carbocycles. The van der Waals surface area contributed by atoms with Crippen LogP contribution in [0.15, 0.2) is 42.6 Å². The van der Waals surface area contributed by atoms with E-state index in [0.29, 0.717) is 36.3 Å². The molecule has 0 aliphatic carbocycles.